The van der Waals surface area contributed by atoms with Gasteiger partial charge in [0, 0.05) is 13.0 Å². The number of halogens is 3. The molecule has 1 aromatic rings. The molecular formula is C11H15F3N2O. The van der Waals surface area contributed by atoms with E-state index in [1.807, 2.05) is 6.92 Å². The molecule has 0 atom stereocenters. The van der Waals surface area contributed by atoms with Crippen LogP contribution in [0.25, 0.3) is 0 Å². The Morgan fingerprint density at radius 1 is 1.41 bits per heavy atom. The van der Waals surface area contributed by atoms with Crippen LogP contribution in [0.2, 0.25) is 0 Å². The summed E-state index contributed by atoms with van der Waals surface area (Å²) in [7, 11) is 0. The summed E-state index contributed by atoms with van der Waals surface area (Å²) in [6.45, 7) is 4.16. The van der Waals surface area contributed by atoms with Gasteiger partial charge in [-0.15, -0.1) is 0 Å². The van der Waals surface area contributed by atoms with Crippen LogP contribution in [0.1, 0.15) is 42.9 Å². The molecule has 0 aliphatic carbocycles. The van der Waals surface area contributed by atoms with Gasteiger partial charge in [-0.05, 0) is 19.4 Å². The Bertz CT molecular complexity index is 396. The fraction of sp³-hybridized carbons (Fsp3) is 0.636. The van der Waals surface area contributed by atoms with E-state index in [1.54, 1.807) is 13.0 Å². The van der Waals surface area contributed by atoms with E-state index in [0.717, 1.165) is 5.69 Å². The lowest BCUT2D eigenvalue weighted by atomic mass is 10.1. The van der Waals surface area contributed by atoms with Gasteiger partial charge in [-0.2, -0.15) is 18.3 Å². The topological polar surface area (TPSA) is 34.9 Å². The smallest absolute Gasteiger partial charge is 0.292 e. The number of aryl methyl sites for hydroxylation is 2. The second kappa shape index (κ2) is 5.33. The van der Waals surface area contributed by atoms with Crippen LogP contribution >= 0.6 is 0 Å². The number of hydrogen-bond acceptors (Lipinski definition) is 2. The lowest BCUT2D eigenvalue weighted by Gasteiger charge is -2.06. The predicted molar refractivity (Wildman–Crippen MR) is 56.9 cm³/mol. The standard InChI is InChI=1S/C11H15F3N2O/c1-3-8-7-9(16(4-2)15-8)10(17)5-6-11(12,13)14/h7H,3-6H2,1-2H3. The molecule has 0 aliphatic rings. The zero-order valence-corrected chi connectivity index (χ0v) is 9.84. The molecule has 0 N–H and O–H groups in total. The number of rotatable bonds is 5. The average molecular weight is 248 g/mol. The lowest BCUT2D eigenvalue weighted by Crippen LogP contribution is -2.14. The summed E-state index contributed by atoms with van der Waals surface area (Å²) in [4.78, 5) is 11.6. The number of aromatic nitrogens is 2. The van der Waals surface area contributed by atoms with Crippen molar-refractivity contribution in [1.82, 2.24) is 9.78 Å². The number of carbonyl (C=O) groups is 1. The maximum absolute atomic E-state index is 12.0. The molecule has 0 saturated heterocycles. The minimum absolute atomic E-state index is 0.272. The van der Waals surface area contributed by atoms with E-state index >= 15 is 0 Å². The Hall–Kier alpha value is -1.33. The molecule has 3 nitrogen and oxygen atoms in total. The van der Waals surface area contributed by atoms with E-state index in [2.05, 4.69) is 5.10 Å². The molecule has 0 saturated carbocycles. The summed E-state index contributed by atoms with van der Waals surface area (Å²) < 4.78 is 37.5. The fourth-order valence-electron chi connectivity index (χ4n) is 1.49. The van der Waals surface area contributed by atoms with Crippen LogP contribution in [0, 0.1) is 0 Å². The van der Waals surface area contributed by atoms with Gasteiger partial charge in [-0.3, -0.25) is 9.48 Å². The van der Waals surface area contributed by atoms with Crippen LogP contribution in [0.3, 0.4) is 0 Å². The van der Waals surface area contributed by atoms with Gasteiger partial charge < -0.3 is 0 Å². The number of Topliss-reactive ketones (excluding diaryl/α,β-unsaturated/α-hetero) is 1. The molecule has 0 aromatic carbocycles. The van der Waals surface area contributed by atoms with Crippen molar-refractivity contribution >= 4 is 5.78 Å². The van der Waals surface area contributed by atoms with Crippen molar-refractivity contribution in [1.29, 1.82) is 0 Å². The van der Waals surface area contributed by atoms with Crippen LogP contribution in [-0.4, -0.2) is 21.7 Å². The Balaban J connectivity index is 2.77. The molecule has 96 valence electrons. The normalized spacial score (nSPS) is 11.8. The molecule has 0 aliphatic heterocycles. The van der Waals surface area contributed by atoms with E-state index in [4.69, 9.17) is 0 Å². The average Bonchev–Trinajstić information content (AvgIpc) is 2.68. The number of hydrogen-bond donors (Lipinski definition) is 0. The van der Waals surface area contributed by atoms with E-state index in [1.165, 1.54) is 4.68 Å². The maximum atomic E-state index is 12.0. The van der Waals surface area contributed by atoms with E-state index in [9.17, 15) is 18.0 Å². The van der Waals surface area contributed by atoms with Crippen molar-refractivity contribution in [3.05, 3.63) is 17.5 Å². The van der Waals surface area contributed by atoms with Gasteiger partial charge in [0.1, 0.15) is 5.69 Å². The molecule has 0 fully saturated rings. The minimum atomic E-state index is -4.29. The molecule has 6 heteroatoms. The second-order valence-corrected chi connectivity index (χ2v) is 3.73. The van der Waals surface area contributed by atoms with Crippen LogP contribution in [-0.2, 0) is 13.0 Å². The first-order chi connectivity index (χ1) is 7.87. The van der Waals surface area contributed by atoms with Gasteiger partial charge in [0.05, 0.1) is 12.1 Å². The second-order valence-electron chi connectivity index (χ2n) is 3.73. The van der Waals surface area contributed by atoms with Gasteiger partial charge in [0.15, 0.2) is 5.78 Å². The summed E-state index contributed by atoms with van der Waals surface area (Å²) in [6, 6.07) is 1.57. The predicted octanol–water partition coefficient (Wildman–Crippen LogP) is 2.99. The van der Waals surface area contributed by atoms with Crippen molar-refractivity contribution in [2.45, 2.75) is 45.8 Å². The molecule has 0 radical (unpaired) electrons. The molecule has 0 spiro atoms. The van der Waals surface area contributed by atoms with Gasteiger partial charge in [0.2, 0.25) is 0 Å². The van der Waals surface area contributed by atoms with Gasteiger partial charge in [-0.1, -0.05) is 6.92 Å². The molecule has 0 unspecified atom stereocenters. The Morgan fingerprint density at radius 2 is 2.06 bits per heavy atom. The third-order valence-electron chi connectivity index (χ3n) is 2.41. The van der Waals surface area contributed by atoms with Gasteiger partial charge >= 0.3 is 6.18 Å². The fourth-order valence-corrected chi connectivity index (χ4v) is 1.49. The van der Waals surface area contributed by atoms with Gasteiger partial charge in [-0.25, -0.2) is 0 Å². The first-order valence-corrected chi connectivity index (χ1v) is 5.54. The summed E-state index contributed by atoms with van der Waals surface area (Å²) in [5.41, 5.74) is 0.996. The molecule has 1 heterocycles. The van der Waals surface area contributed by atoms with Crippen molar-refractivity contribution < 1.29 is 18.0 Å². The van der Waals surface area contributed by atoms with Crippen molar-refractivity contribution in [3.63, 3.8) is 0 Å². The molecule has 17 heavy (non-hydrogen) atoms. The van der Waals surface area contributed by atoms with Crippen LogP contribution in [0.15, 0.2) is 6.07 Å². The first kappa shape index (κ1) is 13.7. The Kier molecular flexibility index (Phi) is 4.31. The first-order valence-electron chi connectivity index (χ1n) is 5.54. The highest BCUT2D eigenvalue weighted by Gasteiger charge is 2.28. The molecule has 1 rings (SSSR count). The van der Waals surface area contributed by atoms with Crippen molar-refractivity contribution in [2.75, 3.05) is 0 Å². The van der Waals surface area contributed by atoms with E-state index in [0.29, 0.717) is 13.0 Å². The number of alkyl halides is 3. The van der Waals surface area contributed by atoms with Crippen LogP contribution in [0.4, 0.5) is 13.2 Å². The maximum Gasteiger partial charge on any atom is 0.389 e. The third kappa shape index (κ3) is 3.87. The zero-order chi connectivity index (χ0) is 13.1. The number of carbonyl (C=O) groups excluding carboxylic acids is 1. The van der Waals surface area contributed by atoms with E-state index < -0.39 is 24.8 Å². The summed E-state index contributed by atoms with van der Waals surface area (Å²) in [5.74, 6) is -0.503. The van der Waals surface area contributed by atoms with Crippen LogP contribution < -0.4 is 0 Å². The Morgan fingerprint density at radius 3 is 2.53 bits per heavy atom. The summed E-state index contributed by atoms with van der Waals surface area (Å²) in [6.07, 6.45) is -5.23. The molecule has 1 aromatic heterocycles. The molecular weight excluding hydrogens is 233 g/mol. The van der Waals surface area contributed by atoms with E-state index in [-0.39, 0.29) is 5.69 Å². The largest absolute Gasteiger partial charge is 0.389 e. The zero-order valence-electron chi connectivity index (χ0n) is 9.84. The molecule has 0 bridgehead atoms. The third-order valence-corrected chi connectivity index (χ3v) is 2.41. The highest BCUT2D eigenvalue weighted by atomic mass is 19.4. The van der Waals surface area contributed by atoms with Gasteiger partial charge in [0.25, 0.3) is 0 Å². The quantitative estimate of drug-likeness (QED) is 0.751. The lowest BCUT2D eigenvalue weighted by molar-refractivity contribution is -0.133. The van der Waals surface area contributed by atoms with Crippen LogP contribution in [0.5, 0.6) is 0 Å². The Labute approximate surface area is 97.6 Å². The number of nitrogens with zero attached hydrogens (tertiary/aromatic N) is 2. The minimum Gasteiger partial charge on any atom is -0.292 e. The highest BCUT2D eigenvalue weighted by molar-refractivity contribution is 5.94. The summed E-state index contributed by atoms with van der Waals surface area (Å²) in [5, 5.41) is 4.13. The van der Waals surface area contributed by atoms with Crippen molar-refractivity contribution in [2.24, 2.45) is 0 Å². The SMILES string of the molecule is CCc1cc(C(=O)CCC(F)(F)F)n(CC)n1. The van der Waals surface area contributed by atoms with Crippen molar-refractivity contribution in [3.8, 4) is 0 Å². The number of ketones is 1. The highest BCUT2D eigenvalue weighted by Crippen LogP contribution is 2.22. The summed E-state index contributed by atoms with van der Waals surface area (Å²) >= 11 is 0. The monoisotopic (exact) mass is 248 g/mol. The molecule has 0 amide bonds.